The van der Waals surface area contributed by atoms with Crippen molar-refractivity contribution in [1.82, 2.24) is 4.90 Å². The van der Waals surface area contributed by atoms with Gasteiger partial charge >= 0.3 is 0 Å². The average molecular weight is 207 g/mol. The quantitative estimate of drug-likeness (QED) is 0.361. The molecule has 0 radical (unpaired) electrons. The van der Waals surface area contributed by atoms with Crippen molar-refractivity contribution in [2.75, 3.05) is 7.05 Å². The van der Waals surface area contributed by atoms with Gasteiger partial charge in [-0.2, -0.15) is 0 Å². The van der Waals surface area contributed by atoms with E-state index in [4.69, 9.17) is 0 Å². The van der Waals surface area contributed by atoms with Gasteiger partial charge in [-0.25, -0.2) is 0 Å². The Kier molecular flexibility index (Phi) is 3.19. The molecule has 0 fully saturated rings. The average Bonchev–Trinajstić information content (AvgIpc) is 2.15. The fourth-order valence-electron chi connectivity index (χ4n) is 1.41. The van der Waals surface area contributed by atoms with E-state index in [2.05, 4.69) is 6.58 Å². The minimum atomic E-state index is -0.936. The summed E-state index contributed by atoms with van der Waals surface area (Å²) in [6.45, 7) is 5.13. The number of ketones is 1. The first-order chi connectivity index (χ1) is 6.97. The third kappa shape index (κ3) is 2.21. The lowest BCUT2D eigenvalue weighted by Gasteiger charge is -2.21. The Hall–Kier alpha value is -1.71. The zero-order chi connectivity index (χ0) is 11.6. The third-order valence-electron chi connectivity index (χ3n) is 2.33. The van der Waals surface area contributed by atoms with Gasteiger partial charge in [-0.1, -0.05) is 11.6 Å². The number of rotatable bonds is 1. The molecule has 15 heavy (non-hydrogen) atoms. The lowest BCUT2D eigenvalue weighted by atomic mass is 9.97. The van der Waals surface area contributed by atoms with E-state index in [-0.39, 0.29) is 18.1 Å². The molecule has 0 spiro atoms. The van der Waals surface area contributed by atoms with Gasteiger partial charge in [0, 0.05) is 13.5 Å². The first kappa shape index (κ1) is 11.4. The van der Waals surface area contributed by atoms with Gasteiger partial charge in [0.15, 0.2) is 5.78 Å². The van der Waals surface area contributed by atoms with E-state index in [9.17, 15) is 14.4 Å². The van der Waals surface area contributed by atoms with Crippen molar-refractivity contribution >= 4 is 17.6 Å². The summed E-state index contributed by atoms with van der Waals surface area (Å²) in [6.07, 6.45) is 2.72. The molecule has 0 saturated heterocycles. The molecule has 1 aliphatic rings. The van der Waals surface area contributed by atoms with Crippen LogP contribution in [0.5, 0.6) is 0 Å². The Bertz CT molecular complexity index is 368. The summed E-state index contributed by atoms with van der Waals surface area (Å²) < 4.78 is 0. The van der Waals surface area contributed by atoms with Crippen LogP contribution in [-0.4, -0.2) is 29.5 Å². The lowest BCUT2D eigenvalue weighted by molar-refractivity contribution is -0.146. The molecule has 4 heteroatoms. The first-order valence-electron chi connectivity index (χ1n) is 4.61. The predicted octanol–water partition coefficient (Wildman–Crippen LogP) is 0.693. The minimum Gasteiger partial charge on any atom is -0.294 e. The summed E-state index contributed by atoms with van der Waals surface area (Å²) in [5, 5.41) is 0. The van der Waals surface area contributed by atoms with Crippen LogP contribution in [0.15, 0.2) is 24.3 Å². The summed E-state index contributed by atoms with van der Waals surface area (Å²) in [4.78, 5) is 35.7. The molecule has 1 rings (SSSR count). The van der Waals surface area contributed by atoms with E-state index in [1.165, 1.54) is 19.2 Å². The Balaban J connectivity index is 3.15. The number of hydrogen-bond donors (Lipinski definition) is 0. The fourth-order valence-corrected chi connectivity index (χ4v) is 1.41. The number of amides is 2. The van der Waals surface area contributed by atoms with Crippen LogP contribution in [0.2, 0.25) is 0 Å². The first-order valence-corrected chi connectivity index (χ1v) is 4.61. The SMILES string of the molecule is C=CC1C(=O)C=C(C)CC(=O)N(C)C1=O. The number of imide groups is 1. The van der Waals surface area contributed by atoms with Crippen LogP contribution in [0.25, 0.3) is 0 Å². The van der Waals surface area contributed by atoms with Gasteiger partial charge in [-0.05, 0) is 13.0 Å². The fraction of sp³-hybridized carbons (Fsp3) is 0.364. The Morgan fingerprint density at radius 2 is 2.07 bits per heavy atom. The maximum absolute atomic E-state index is 11.6. The van der Waals surface area contributed by atoms with Gasteiger partial charge < -0.3 is 0 Å². The van der Waals surface area contributed by atoms with Gasteiger partial charge in [-0.15, -0.1) is 6.58 Å². The summed E-state index contributed by atoms with van der Waals surface area (Å²) in [5.74, 6) is -2.06. The van der Waals surface area contributed by atoms with Crippen LogP contribution >= 0.6 is 0 Å². The summed E-state index contributed by atoms with van der Waals surface area (Å²) in [6, 6.07) is 0. The topological polar surface area (TPSA) is 54.5 Å². The highest BCUT2D eigenvalue weighted by Gasteiger charge is 2.30. The van der Waals surface area contributed by atoms with Crippen LogP contribution in [0.1, 0.15) is 13.3 Å². The van der Waals surface area contributed by atoms with Crippen LogP contribution < -0.4 is 0 Å². The molecule has 0 aromatic carbocycles. The molecule has 0 N–H and O–H groups in total. The number of nitrogens with zero attached hydrogens (tertiary/aromatic N) is 1. The number of carbonyl (C=O) groups excluding carboxylic acids is 3. The highest BCUT2D eigenvalue weighted by atomic mass is 16.2. The zero-order valence-corrected chi connectivity index (χ0v) is 8.82. The zero-order valence-electron chi connectivity index (χ0n) is 8.82. The Labute approximate surface area is 88.2 Å². The molecule has 1 aliphatic heterocycles. The number of allylic oxidation sites excluding steroid dienone is 1. The Morgan fingerprint density at radius 1 is 1.47 bits per heavy atom. The lowest BCUT2D eigenvalue weighted by Crippen LogP contribution is -2.40. The van der Waals surface area contributed by atoms with Gasteiger partial charge in [0.2, 0.25) is 11.8 Å². The number of hydrogen-bond acceptors (Lipinski definition) is 3. The molecule has 0 saturated carbocycles. The van der Waals surface area contributed by atoms with Crippen molar-refractivity contribution in [2.45, 2.75) is 13.3 Å². The summed E-state index contributed by atoms with van der Waals surface area (Å²) >= 11 is 0. The molecule has 4 nitrogen and oxygen atoms in total. The standard InChI is InChI=1S/C11H13NO3/c1-4-8-9(13)5-7(2)6-10(14)12(3)11(8)15/h4-5,8H,1,6H2,2-3H3. The maximum atomic E-state index is 11.6. The van der Waals surface area contributed by atoms with Crippen molar-refractivity contribution < 1.29 is 14.4 Å². The van der Waals surface area contributed by atoms with Crippen molar-refractivity contribution in [3.05, 3.63) is 24.3 Å². The van der Waals surface area contributed by atoms with Crippen molar-refractivity contribution in [2.24, 2.45) is 5.92 Å². The normalized spacial score (nSPS) is 23.3. The molecule has 1 atom stereocenters. The van der Waals surface area contributed by atoms with Crippen LogP contribution in [0, 0.1) is 5.92 Å². The molecule has 0 aliphatic carbocycles. The van der Waals surface area contributed by atoms with Crippen molar-refractivity contribution in [1.29, 1.82) is 0 Å². The van der Waals surface area contributed by atoms with Gasteiger partial charge in [-0.3, -0.25) is 19.3 Å². The second kappa shape index (κ2) is 4.21. The molecular formula is C11H13NO3. The molecule has 0 aromatic rings. The highest BCUT2D eigenvalue weighted by molar-refractivity contribution is 6.13. The second-order valence-electron chi connectivity index (χ2n) is 3.57. The predicted molar refractivity (Wildman–Crippen MR) is 54.8 cm³/mol. The molecule has 1 heterocycles. The van der Waals surface area contributed by atoms with E-state index in [0.29, 0.717) is 5.57 Å². The molecule has 0 bridgehead atoms. The number of carbonyl (C=O) groups is 3. The summed E-state index contributed by atoms with van der Waals surface area (Å²) in [5.41, 5.74) is 0.663. The van der Waals surface area contributed by atoms with E-state index in [0.717, 1.165) is 4.90 Å². The highest BCUT2D eigenvalue weighted by Crippen LogP contribution is 2.14. The monoisotopic (exact) mass is 207 g/mol. The molecule has 80 valence electrons. The van der Waals surface area contributed by atoms with E-state index in [1.807, 2.05) is 0 Å². The smallest absolute Gasteiger partial charge is 0.243 e. The Morgan fingerprint density at radius 3 is 2.60 bits per heavy atom. The van der Waals surface area contributed by atoms with E-state index in [1.54, 1.807) is 6.92 Å². The maximum Gasteiger partial charge on any atom is 0.243 e. The second-order valence-corrected chi connectivity index (χ2v) is 3.57. The molecule has 0 aromatic heterocycles. The third-order valence-corrected chi connectivity index (χ3v) is 2.33. The van der Waals surface area contributed by atoms with Crippen LogP contribution in [0.4, 0.5) is 0 Å². The summed E-state index contributed by atoms with van der Waals surface area (Å²) in [7, 11) is 1.38. The molecular weight excluding hydrogens is 194 g/mol. The molecule has 2 amide bonds. The van der Waals surface area contributed by atoms with Gasteiger partial charge in [0.1, 0.15) is 5.92 Å². The van der Waals surface area contributed by atoms with E-state index >= 15 is 0 Å². The van der Waals surface area contributed by atoms with Gasteiger partial charge in [0.25, 0.3) is 0 Å². The van der Waals surface area contributed by atoms with Crippen molar-refractivity contribution in [3.8, 4) is 0 Å². The van der Waals surface area contributed by atoms with Crippen LogP contribution in [-0.2, 0) is 14.4 Å². The van der Waals surface area contributed by atoms with E-state index < -0.39 is 11.8 Å². The molecule has 1 unspecified atom stereocenters. The largest absolute Gasteiger partial charge is 0.294 e. The van der Waals surface area contributed by atoms with Crippen LogP contribution in [0.3, 0.4) is 0 Å². The van der Waals surface area contributed by atoms with Gasteiger partial charge in [0.05, 0.1) is 0 Å². The minimum absolute atomic E-state index is 0.109. The van der Waals surface area contributed by atoms with Crippen molar-refractivity contribution in [3.63, 3.8) is 0 Å².